The number of hydrogen-bond donors (Lipinski definition) is 1. The molecule has 4 aromatic carbocycles. The molecule has 0 bridgehead atoms. The van der Waals surface area contributed by atoms with Gasteiger partial charge in [-0.2, -0.15) is 5.26 Å². The average molecular weight is 447 g/mol. The van der Waals surface area contributed by atoms with E-state index < -0.39 is 5.91 Å². The quantitative estimate of drug-likeness (QED) is 0.209. The lowest BCUT2D eigenvalue weighted by atomic mass is 10.1. The molecule has 4 rings (SSSR count). The number of fused-ring (bicyclic) bond motifs is 1. The lowest BCUT2D eigenvalue weighted by Gasteiger charge is -2.10. The maximum atomic E-state index is 12.6. The molecule has 5 heteroatoms. The topological polar surface area (TPSA) is 79.2 Å². The van der Waals surface area contributed by atoms with Gasteiger partial charge in [0.2, 0.25) is 0 Å². The molecule has 0 saturated heterocycles. The number of anilines is 1. The number of hydrogen-bond acceptors (Lipinski definition) is 4. The van der Waals surface area contributed by atoms with Crippen molar-refractivity contribution in [1.29, 1.82) is 5.26 Å². The van der Waals surface area contributed by atoms with E-state index in [0.717, 1.165) is 16.3 Å². The molecule has 4 aromatic rings. The van der Waals surface area contributed by atoms with Gasteiger partial charge in [-0.3, -0.25) is 9.59 Å². The molecule has 0 aliphatic rings. The van der Waals surface area contributed by atoms with Crippen molar-refractivity contribution in [3.05, 3.63) is 113 Å². The van der Waals surface area contributed by atoms with Gasteiger partial charge in [0.1, 0.15) is 24.0 Å². The number of carbonyl (C=O) groups is 2. The average Bonchev–Trinajstić information content (AvgIpc) is 2.86. The second-order valence-corrected chi connectivity index (χ2v) is 7.72. The van der Waals surface area contributed by atoms with Crippen LogP contribution in [0.1, 0.15) is 28.4 Å². The smallest absolute Gasteiger partial charge is 0.266 e. The molecule has 0 fully saturated rings. The number of rotatable bonds is 7. The summed E-state index contributed by atoms with van der Waals surface area (Å²) in [5, 5.41) is 14.5. The molecule has 0 unspecified atom stereocenters. The second-order valence-electron chi connectivity index (χ2n) is 7.72. The Morgan fingerprint density at radius 3 is 2.38 bits per heavy atom. The van der Waals surface area contributed by atoms with Crippen molar-refractivity contribution >= 4 is 34.2 Å². The fourth-order valence-corrected chi connectivity index (χ4v) is 3.64. The van der Waals surface area contributed by atoms with E-state index in [4.69, 9.17) is 4.74 Å². The van der Waals surface area contributed by atoms with Gasteiger partial charge in [-0.15, -0.1) is 0 Å². The van der Waals surface area contributed by atoms with E-state index in [0.29, 0.717) is 29.2 Å². The standard InChI is InChI=1S/C29H22N2O3/c1-20(32)26-10-4-5-12-28(26)31-29(33)24(18-30)17-21-13-15-25(16-14-21)34-19-23-9-6-8-22-7-2-3-11-27(22)23/h2-17H,19H2,1H3,(H,31,33)/b24-17-. The van der Waals surface area contributed by atoms with E-state index in [2.05, 4.69) is 23.5 Å². The summed E-state index contributed by atoms with van der Waals surface area (Å²) in [5.74, 6) is -0.0617. The van der Waals surface area contributed by atoms with Crippen LogP contribution >= 0.6 is 0 Å². The molecule has 0 heterocycles. The van der Waals surface area contributed by atoms with Crippen LogP contribution in [0, 0.1) is 11.3 Å². The first-order chi connectivity index (χ1) is 16.5. The highest BCUT2D eigenvalue weighted by atomic mass is 16.5. The Kier molecular flexibility index (Phi) is 6.81. The molecule has 34 heavy (non-hydrogen) atoms. The fourth-order valence-electron chi connectivity index (χ4n) is 3.64. The number of ketones is 1. The van der Waals surface area contributed by atoms with Gasteiger partial charge in [-0.1, -0.05) is 66.7 Å². The third kappa shape index (κ3) is 5.20. The number of amides is 1. The molecule has 0 aliphatic carbocycles. The number of para-hydroxylation sites is 1. The van der Waals surface area contributed by atoms with Gasteiger partial charge in [0.05, 0.1) is 5.69 Å². The molecule has 0 saturated carbocycles. The van der Waals surface area contributed by atoms with Crippen LogP contribution in [0.2, 0.25) is 0 Å². The second kappa shape index (κ2) is 10.3. The van der Waals surface area contributed by atoms with Crippen LogP contribution in [0.3, 0.4) is 0 Å². The number of benzene rings is 4. The predicted octanol–water partition coefficient (Wildman–Crippen LogP) is 6.17. The van der Waals surface area contributed by atoms with E-state index in [1.54, 1.807) is 48.5 Å². The van der Waals surface area contributed by atoms with Crippen molar-refractivity contribution in [2.24, 2.45) is 0 Å². The maximum Gasteiger partial charge on any atom is 0.266 e. The van der Waals surface area contributed by atoms with Crippen molar-refractivity contribution in [1.82, 2.24) is 0 Å². The summed E-state index contributed by atoms with van der Waals surface area (Å²) in [7, 11) is 0. The van der Waals surface area contributed by atoms with Crippen LogP contribution in [0.5, 0.6) is 5.75 Å². The third-order valence-electron chi connectivity index (χ3n) is 5.39. The Bertz CT molecular complexity index is 1420. The summed E-state index contributed by atoms with van der Waals surface area (Å²) in [6, 6.07) is 30.1. The van der Waals surface area contributed by atoms with Gasteiger partial charge in [-0.25, -0.2) is 0 Å². The van der Waals surface area contributed by atoms with Crippen LogP contribution in [-0.4, -0.2) is 11.7 Å². The van der Waals surface area contributed by atoms with Crippen molar-refractivity contribution in [2.45, 2.75) is 13.5 Å². The normalized spacial score (nSPS) is 11.0. The Balaban J connectivity index is 1.45. The number of ether oxygens (including phenoxy) is 1. The molecule has 1 amide bonds. The molecule has 0 spiro atoms. The minimum absolute atomic E-state index is 0.0669. The first-order valence-electron chi connectivity index (χ1n) is 10.8. The molecular formula is C29H22N2O3. The van der Waals surface area contributed by atoms with Crippen LogP contribution in [0.25, 0.3) is 16.8 Å². The van der Waals surface area contributed by atoms with E-state index >= 15 is 0 Å². The Morgan fingerprint density at radius 2 is 1.62 bits per heavy atom. The lowest BCUT2D eigenvalue weighted by molar-refractivity contribution is -0.112. The molecular weight excluding hydrogens is 424 g/mol. The van der Waals surface area contributed by atoms with Gasteiger partial charge in [0.15, 0.2) is 5.78 Å². The molecule has 0 aliphatic heterocycles. The van der Waals surface area contributed by atoms with Crippen LogP contribution in [-0.2, 0) is 11.4 Å². The molecule has 0 radical (unpaired) electrons. The molecule has 0 aromatic heterocycles. The van der Waals surface area contributed by atoms with Gasteiger partial charge in [0.25, 0.3) is 5.91 Å². The highest BCUT2D eigenvalue weighted by Crippen LogP contribution is 2.22. The van der Waals surface area contributed by atoms with Gasteiger partial charge in [-0.05, 0) is 59.2 Å². The zero-order valence-electron chi connectivity index (χ0n) is 18.6. The largest absolute Gasteiger partial charge is 0.489 e. The Labute approximate surface area is 197 Å². The van der Waals surface area contributed by atoms with Crippen molar-refractivity contribution in [3.8, 4) is 11.8 Å². The summed E-state index contributed by atoms with van der Waals surface area (Å²) in [4.78, 5) is 24.4. The molecule has 1 N–H and O–H groups in total. The van der Waals surface area contributed by atoms with Crippen molar-refractivity contribution < 1.29 is 14.3 Å². The van der Waals surface area contributed by atoms with Crippen molar-refractivity contribution in [2.75, 3.05) is 5.32 Å². The SMILES string of the molecule is CC(=O)c1ccccc1NC(=O)/C(C#N)=C\c1ccc(OCc2cccc3ccccc23)cc1. The summed E-state index contributed by atoms with van der Waals surface area (Å²) < 4.78 is 5.95. The number of nitrogens with zero attached hydrogens (tertiary/aromatic N) is 1. The van der Waals surface area contributed by atoms with Crippen LogP contribution in [0.4, 0.5) is 5.69 Å². The van der Waals surface area contributed by atoms with Gasteiger partial charge in [0, 0.05) is 5.56 Å². The maximum absolute atomic E-state index is 12.6. The van der Waals surface area contributed by atoms with Gasteiger partial charge >= 0.3 is 0 Å². The van der Waals surface area contributed by atoms with Crippen LogP contribution < -0.4 is 10.1 Å². The minimum atomic E-state index is -0.576. The highest BCUT2D eigenvalue weighted by Gasteiger charge is 2.13. The minimum Gasteiger partial charge on any atom is -0.489 e. The van der Waals surface area contributed by atoms with E-state index in [-0.39, 0.29) is 11.4 Å². The fraction of sp³-hybridized carbons (Fsp3) is 0.0690. The number of nitrogens with one attached hydrogen (secondary N) is 1. The first-order valence-corrected chi connectivity index (χ1v) is 10.8. The number of nitriles is 1. The zero-order valence-corrected chi connectivity index (χ0v) is 18.6. The van der Waals surface area contributed by atoms with Crippen LogP contribution in [0.15, 0.2) is 96.6 Å². The Hall–Kier alpha value is -4.69. The molecule has 0 atom stereocenters. The number of carbonyl (C=O) groups excluding carboxylic acids is 2. The lowest BCUT2D eigenvalue weighted by Crippen LogP contribution is -2.15. The van der Waals surface area contributed by atoms with E-state index in [1.807, 2.05) is 30.3 Å². The molecule has 166 valence electrons. The van der Waals surface area contributed by atoms with Crippen molar-refractivity contribution in [3.63, 3.8) is 0 Å². The van der Waals surface area contributed by atoms with Gasteiger partial charge < -0.3 is 10.1 Å². The Morgan fingerprint density at radius 1 is 0.912 bits per heavy atom. The highest BCUT2D eigenvalue weighted by molar-refractivity contribution is 6.12. The summed E-state index contributed by atoms with van der Waals surface area (Å²) in [6.45, 7) is 1.86. The monoisotopic (exact) mass is 446 g/mol. The number of Topliss-reactive ketones (excluding diaryl/α,β-unsaturated/α-hetero) is 1. The summed E-state index contributed by atoms with van der Waals surface area (Å²) in [6.07, 6.45) is 1.50. The first kappa shape index (κ1) is 22.5. The summed E-state index contributed by atoms with van der Waals surface area (Å²) in [5.41, 5.74) is 2.47. The third-order valence-corrected chi connectivity index (χ3v) is 5.39. The summed E-state index contributed by atoms with van der Waals surface area (Å²) >= 11 is 0. The molecule has 5 nitrogen and oxygen atoms in total. The predicted molar refractivity (Wildman–Crippen MR) is 133 cm³/mol. The van der Waals surface area contributed by atoms with E-state index in [1.165, 1.54) is 13.0 Å². The zero-order chi connectivity index (χ0) is 23.9. The van der Waals surface area contributed by atoms with E-state index in [9.17, 15) is 14.9 Å².